The van der Waals surface area contributed by atoms with Crippen LogP contribution in [0.5, 0.6) is 5.75 Å². The summed E-state index contributed by atoms with van der Waals surface area (Å²) >= 11 is 0. The van der Waals surface area contributed by atoms with E-state index in [1.807, 2.05) is 24.3 Å². The van der Waals surface area contributed by atoms with Crippen LogP contribution >= 0.6 is 0 Å². The summed E-state index contributed by atoms with van der Waals surface area (Å²) in [6.07, 6.45) is 1.48. The van der Waals surface area contributed by atoms with Gasteiger partial charge in [-0.3, -0.25) is 14.7 Å². The summed E-state index contributed by atoms with van der Waals surface area (Å²) in [5, 5.41) is 5.56. The second-order valence-corrected chi connectivity index (χ2v) is 5.11. The van der Waals surface area contributed by atoms with E-state index in [2.05, 4.69) is 15.4 Å². The minimum absolute atomic E-state index is 0.248. The molecule has 0 spiro atoms. The van der Waals surface area contributed by atoms with Crippen molar-refractivity contribution in [1.82, 2.24) is 19.9 Å². The van der Waals surface area contributed by atoms with E-state index in [0.717, 1.165) is 11.3 Å². The Morgan fingerprint density at radius 3 is 2.78 bits per heavy atom. The summed E-state index contributed by atoms with van der Waals surface area (Å²) in [4.78, 5) is 28.4. The molecule has 1 amide bonds. The Hall–Kier alpha value is -3.09. The molecule has 0 unspecified atom stereocenters. The molecule has 2 heterocycles. The number of rotatable bonds is 4. The lowest BCUT2D eigenvalue weighted by molar-refractivity contribution is 0.0952. The van der Waals surface area contributed by atoms with E-state index in [1.54, 1.807) is 14.0 Å². The lowest BCUT2D eigenvalue weighted by Crippen LogP contribution is -2.23. The number of aromatic nitrogens is 3. The average Bonchev–Trinajstić information content (AvgIpc) is 2.97. The molecule has 1 aromatic carbocycles. The number of aromatic amines is 1. The third-order valence-electron chi connectivity index (χ3n) is 3.48. The van der Waals surface area contributed by atoms with Crippen LogP contribution in [0.15, 0.2) is 41.3 Å². The van der Waals surface area contributed by atoms with Gasteiger partial charge >= 0.3 is 0 Å². The van der Waals surface area contributed by atoms with Crippen molar-refractivity contribution < 1.29 is 9.53 Å². The van der Waals surface area contributed by atoms with E-state index >= 15 is 0 Å². The maximum atomic E-state index is 12.3. The maximum Gasteiger partial charge on any atom is 0.272 e. The van der Waals surface area contributed by atoms with E-state index in [-0.39, 0.29) is 11.5 Å². The summed E-state index contributed by atoms with van der Waals surface area (Å²) in [6.45, 7) is 2.09. The fourth-order valence-corrected chi connectivity index (χ4v) is 2.28. The number of aryl methyl sites for hydroxylation is 1. The van der Waals surface area contributed by atoms with Gasteiger partial charge in [0, 0.05) is 24.5 Å². The van der Waals surface area contributed by atoms with Gasteiger partial charge in [-0.05, 0) is 24.6 Å². The second-order valence-electron chi connectivity index (χ2n) is 5.11. The van der Waals surface area contributed by atoms with E-state index < -0.39 is 0 Å². The highest BCUT2D eigenvalue weighted by molar-refractivity contribution is 5.99. The van der Waals surface area contributed by atoms with Crippen molar-refractivity contribution in [3.8, 4) is 5.75 Å². The molecule has 3 aromatic rings. The standard InChI is InChI=1S/C16H16N4O3/c1-10-7-14(21)20-15(19-10)13(9-18-20)16(22)17-8-11-3-5-12(23-2)6-4-11/h3-7,9,18H,8H2,1-2H3,(H,17,22). The van der Waals surface area contributed by atoms with Crippen LogP contribution in [-0.2, 0) is 6.54 Å². The zero-order valence-corrected chi connectivity index (χ0v) is 12.8. The molecule has 0 saturated carbocycles. The summed E-state index contributed by atoms with van der Waals surface area (Å²) in [6, 6.07) is 8.82. The Morgan fingerprint density at radius 1 is 1.35 bits per heavy atom. The van der Waals surface area contributed by atoms with Crippen molar-refractivity contribution in [2.24, 2.45) is 0 Å². The Bertz CT molecular complexity index is 909. The predicted molar refractivity (Wildman–Crippen MR) is 84.7 cm³/mol. The van der Waals surface area contributed by atoms with Crippen molar-refractivity contribution >= 4 is 11.6 Å². The number of amides is 1. The molecule has 0 fully saturated rings. The number of fused-ring (bicyclic) bond motifs is 1. The van der Waals surface area contributed by atoms with Gasteiger partial charge in [0.05, 0.1) is 7.11 Å². The third-order valence-corrected chi connectivity index (χ3v) is 3.48. The molecule has 0 aliphatic carbocycles. The first-order valence-electron chi connectivity index (χ1n) is 7.07. The molecule has 0 aliphatic rings. The Morgan fingerprint density at radius 2 is 2.09 bits per heavy atom. The summed E-state index contributed by atoms with van der Waals surface area (Å²) in [5.41, 5.74) is 1.92. The molecular weight excluding hydrogens is 296 g/mol. The molecular formula is C16H16N4O3. The Labute approximate surface area is 131 Å². The predicted octanol–water partition coefficient (Wildman–Crippen LogP) is 1.27. The minimum atomic E-state index is -0.294. The number of nitrogens with zero attached hydrogens (tertiary/aromatic N) is 2. The van der Waals surface area contributed by atoms with E-state index in [4.69, 9.17) is 4.74 Å². The first kappa shape index (κ1) is 14.8. The van der Waals surface area contributed by atoms with Crippen LogP contribution in [0.2, 0.25) is 0 Å². The smallest absolute Gasteiger partial charge is 0.272 e. The number of carbonyl (C=O) groups is 1. The van der Waals surface area contributed by atoms with Gasteiger partial charge in [-0.1, -0.05) is 12.1 Å². The van der Waals surface area contributed by atoms with E-state index in [0.29, 0.717) is 23.4 Å². The topological polar surface area (TPSA) is 88.5 Å². The van der Waals surface area contributed by atoms with Crippen molar-refractivity contribution in [2.45, 2.75) is 13.5 Å². The molecule has 2 aromatic heterocycles. The molecule has 0 radical (unpaired) electrons. The lowest BCUT2D eigenvalue weighted by atomic mass is 10.2. The number of benzene rings is 1. The van der Waals surface area contributed by atoms with Crippen molar-refractivity contribution in [2.75, 3.05) is 7.11 Å². The van der Waals surface area contributed by atoms with Gasteiger partial charge in [-0.25, -0.2) is 9.50 Å². The van der Waals surface area contributed by atoms with Gasteiger partial charge in [0.2, 0.25) is 0 Å². The monoisotopic (exact) mass is 312 g/mol. The fraction of sp³-hybridized carbons (Fsp3) is 0.188. The number of methoxy groups -OCH3 is 1. The second kappa shape index (κ2) is 5.96. The number of hydrogen-bond donors (Lipinski definition) is 2. The Kier molecular flexibility index (Phi) is 3.84. The molecule has 2 N–H and O–H groups in total. The van der Waals surface area contributed by atoms with Crippen molar-refractivity contribution in [3.05, 3.63) is 63.7 Å². The van der Waals surface area contributed by atoms with Gasteiger partial charge in [0.25, 0.3) is 11.5 Å². The lowest BCUT2D eigenvalue weighted by Gasteiger charge is -2.05. The molecule has 0 saturated heterocycles. The summed E-state index contributed by atoms with van der Waals surface area (Å²) in [5.74, 6) is 0.466. The zero-order valence-electron chi connectivity index (χ0n) is 12.8. The summed E-state index contributed by atoms with van der Waals surface area (Å²) in [7, 11) is 1.60. The van der Waals surface area contributed by atoms with Crippen LogP contribution in [0.25, 0.3) is 5.65 Å². The van der Waals surface area contributed by atoms with Crippen LogP contribution in [-0.4, -0.2) is 27.6 Å². The molecule has 118 valence electrons. The number of ether oxygens (including phenoxy) is 1. The molecule has 0 aliphatic heterocycles. The quantitative estimate of drug-likeness (QED) is 0.759. The molecule has 7 heteroatoms. The average molecular weight is 312 g/mol. The van der Waals surface area contributed by atoms with Crippen LogP contribution in [0, 0.1) is 6.92 Å². The first-order valence-corrected chi connectivity index (χ1v) is 7.07. The SMILES string of the molecule is COc1ccc(CNC(=O)c2c[nH]n3c(=O)cc(C)nc23)cc1. The number of hydrogen-bond acceptors (Lipinski definition) is 4. The van der Waals surface area contributed by atoms with E-state index in [1.165, 1.54) is 16.8 Å². The summed E-state index contributed by atoms with van der Waals surface area (Å²) < 4.78 is 6.34. The van der Waals surface area contributed by atoms with Crippen LogP contribution < -0.4 is 15.6 Å². The largest absolute Gasteiger partial charge is 0.497 e. The van der Waals surface area contributed by atoms with E-state index in [9.17, 15) is 9.59 Å². The van der Waals surface area contributed by atoms with Gasteiger partial charge < -0.3 is 10.1 Å². The van der Waals surface area contributed by atoms with Crippen molar-refractivity contribution in [1.29, 1.82) is 0 Å². The Balaban J connectivity index is 1.79. The van der Waals surface area contributed by atoms with Gasteiger partial charge in [0.15, 0.2) is 5.65 Å². The van der Waals surface area contributed by atoms with Crippen LogP contribution in [0.4, 0.5) is 0 Å². The molecule has 23 heavy (non-hydrogen) atoms. The normalized spacial score (nSPS) is 10.7. The maximum absolute atomic E-state index is 12.3. The molecule has 3 rings (SSSR count). The molecule has 7 nitrogen and oxygen atoms in total. The van der Waals surface area contributed by atoms with Gasteiger partial charge in [-0.15, -0.1) is 0 Å². The van der Waals surface area contributed by atoms with Crippen LogP contribution in [0.3, 0.4) is 0 Å². The van der Waals surface area contributed by atoms with Gasteiger partial charge in [0.1, 0.15) is 11.3 Å². The van der Waals surface area contributed by atoms with Crippen LogP contribution in [0.1, 0.15) is 21.6 Å². The fourth-order valence-electron chi connectivity index (χ4n) is 2.28. The number of carbonyl (C=O) groups excluding carboxylic acids is 1. The number of nitrogens with one attached hydrogen (secondary N) is 2. The third kappa shape index (κ3) is 2.94. The highest BCUT2D eigenvalue weighted by Crippen LogP contribution is 2.12. The minimum Gasteiger partial charge on any atom is -0.497 e. The number of H-pyrrole nitrogens is 1. The zero-order chi connectivity index (χ0) is 16.4. The highest BCUT2D eigenvalue weighted by Gasteiger charge is 2.14. The van der Waals surface area contributed by atoms with Gasteiger partial charge in [-0.2, -0.15) is 0 Å². The first-order chi connectivity index (χ1) is 11.1. The molecule has 0 atom stereocenters. The van der Waals surface area contributed by atoms with Crippen molar-refractivity contribution in [3.63, 3.8) is 0 Å². The molecule has 0 bridgehead atoms. The highest BCUT2D eigenvalue weighted by atomic mass is 16.5.